The molecule has 0 aromatic carbocycles. The van der Waals surface area contributed by atoms with E-state index in [1.807, 2.05) is 6.92 Å². The third-order valence-electron chi connectivity index (χ3n) is 3.45. The molecule has 1 fully saturated rings. The second kappa shape index (κ2) is 5.07. The minimum absolute atomic E-state index is 0.0835. The highest BCUT2D eigenvalue weighted by atomic mass is 16.3. The second-order valence-corrected chi connectivity index (χ2v) is 5.17. The first kappa shape index (κ1) is 12.8. The Bertz CT molecular complexity index is 673. The van der Waals surface area contributed by atoms with Gasteiger partial charge in [-0.25, -0.2) is 4.98 Å². The molecule has 0 aromatic rings. The Morgan fingerprint density at radius 1 is 1.45 bits per heavy atom. The van der Waals surface area contributed by atoms with Crippen LogP contribution in [0.4, 0.5) is 0 Å². The third-order valence-corrected chi connectivity index (χ3v) is 3.45. The summed E-state index contributed by atoms with van der Waals surface area (Å²) >= 11 is 0. The van der Waals surface area contributed by atoms with Crippen LogP contribution < -0.4 is 10.7 Å². The van der Waals surface area contributed by atoms with Crippen molar-refractivity contribution >= 4 is 5.91 Å². The van der Waals surface area contributed by atoms with Crippen molar-refractivity contribution in [1.82, 2.24) is 10.3 Å². The number of hydrogen-bond acceptors (Lipinski definition) is 4. The van der Waals surface area contributed by atoms with Crippen molar-refractivity contribution in [2.45, 2.75) is 26.2 Å². The lowest BCUT2D eigenvalue weighted by molar-refractivity contribution is -0.122. The molecule has 3 aliphatic rings. The first-order valence-electron chi connectivity index (χ1n) is 6.81. The number of amides is 1. The van der Waals surface area contributed by atoms with Crippen LogP contribution >= 0.6 is 0 Å². The van der Waals surface area contributed by atoms with Crippen LogP contribution in [0.25, 0.3) is 11.3 Å². The molecule has 0 bridgehead atoms. The van der Waals surface area contributed by atoms with Gasteiger partial charge in [0.15, 0.2) is 11.3 Å². The van der Waals surface area contributed by atoms with Gasteiger partial charge in [-0.05, 0) is 31.9 Å². The molecule has 1 N–H and O–H groups in total. The van der Waals surface area contributed by atoms with E-state index in [9.17, 15) is 9.59 Å². The lowest BCUT2D eigenvalue weighted by Gasteiger charge is -2.10. The maximum Gasteiger partial charge on any atom is 0.223 e. The summed E-state index contributed by atoms with van der Waals surface area (Å²) in [5.41, 5.74) is 1.59. The SMILES string of the molecule is Cc1nc(CCNC(=O)C2CC2)oc2cc(=O)ccc1-2. The molecule has 1 saturated carbocycles. The molecule has 3 rings (SSSR count). The molecule has 2 aliphatic carbocycles. The maximum atomic E-state index is 11.5. The first-order valence-corrected chi connectivity index (χ1v) is 6.81. The lowest BCUT2D eigenvalue weighted by Crippen LogP contribution is -2.27. The van der Waals surface area contributed by atoms with E-state index in [4.69, 9.17) is 4.42 Å². The normalized spacial score (nSPS) is 14.4. The van der Waals surface area contributed by atoms with Crippen LogP contribution in [0.2, 0.25) is 0 Å². The zero-order valence-electron chi connectivity index (χ0n) is 11.3. The Labute approximate surface area is 116 Å². The van der Waals surface area contributed by atoms with E-state index in [-0.39, 0.29) is 17.3 Å². The van der Waals surface area contributed by atoms with Crippen LogP contribution in [0.1, 0.15) is 24.4 Å². The number of rotatable bonds is 4. The Hall–Kier alpha value is -2.17. The topological polar surface area (TPSA) is 72.2 Å². The summed E-state index contributed by atoms with van der Waals surface area (Å²) < 4.78 is 5.62. The van der Waals surface area contributed by atoms with Crippen molar-refractivity contribution < 1.29 is 9.21 Å². The van der Waals surface area contributed by atoms with Crippen LogP contribution in [0.15, 0.2) is 27.4 Å². The molecule has 0 spiro atoms. The molecule has 20 heavy (non-hydrogen) atoms. The highest BCUT2D eigenvalue weighted by Gasteiger charge is 2.29. The number of benzene rings is 1. The molecule has 0 aromatic heterocycles. The number of hydrogen-bond donors (Lipinski definition) is 1. The zero-order chi connectivity index (χ0) is 14.1. The van der Waals surface area contributed by atoms with Crippen LogP contribution in [0, 0.1) is 12.8 Å². The molecule has 0 saturated heterocycles. The van der Waals surface area contributed by atoms with Gasteiger partial charge in [0, 0.05) is 30.5 Å². The smallest absolute Gasteiger partial charge is 0.223 e. The second-order valence-electron chi connectivity index (χ2n) is 5.17. The van der Waals surface area contributed by atoms with E-state index in [2.05, 4.69) is 10.3 Å². The molecule has 5 heteroatoms. The molecule has 104 valence electrons. The van der Waals surface area contributed by atoms with E-state index < -0.39 is 0 Å². The van der Waals surface area contributed by atoms with Gasteiger partial charge in [-0.1, -0.05) is 0 Å². The molecule has 5 nitrogen and oxygen atoms in total. The van der Waals surface area contributed by atoms with Gasteiger partial charge in [-0.2, -0.15) is 0 Å². The Kier molecular flexibility index (Phi) is 3.26. The average Bonchev–Trinajstić information content (AvgIpc) is 3.22. The quantitative estimate of drug-likeness (QED) is 0.915. The predicted molar refractivity (Wildman–Crippen MR) is 73.6 cm³/mol. The zero-order valence-corrected chi connectivity index (χ0v) is 11.3. The molecular weight excluding hydrogens is 256 g/mol. The fourth-order valence-corrected chi connectivity index (χ4v) is 2.17. The highest BCUT2D eigenvalue weighted by molar-refractivity contribution is 5.80. The lowest BCUT2D eigenvalue weighted by atomic mass is 10.1. The predicted octanol–water partition coefficient (Wildman–Crippen LogP) is 1.52. The standard InChI is InChI=1S/C15H16N2O3/c1-9-12-5-4-11(18)8-13(12)20-14(17-9)6-7-16-15(19)10-2-3-10/h4-5,8,10H,2-3,6-7H2,1H3,(H,16,19). The van der Waals surface area contributed by atoms with Gasteiger partial charge in [-0.15, -0.1) is 0 Å². The number of nitrogens with zero attached hydrogens (tertiary/aromatic N) is 1. The number of aromatic nitrogens is 1. The van der Waals surface area contributed by atoms with Crippen molar-refractivity contribution in [3.8, 4) is 11.3 Å². The fraction of sp³-hybridized carbons (Fsp3) is 0.400. The summed E-state index contributed by atoms with van der Waals surface area (Å²) in [6.45, 7) is 2.39. The van der Waals surface area contributed by atoms with Crippen molar-refractivity contribution in [2.24, 2.45) is 5.92 Å². The molecule has 0 unspecified atom stereocenters. The number of carbonyl (C=O) groups is 1. The van der Waals surface area contributed by atoms with Crippen molar-refractivity contribution in [1.29, 1.82) is 0 Å². The van der Waals surface area contributed by atoms with E-state index in [0.717, 1.165) is 24.1 Å². The summed E-state index contributed by atoms with van der Waals surface area (Å²) in [7, 11) is 0. The number of nitrogens with one attached hydrogen (secondary N) is 1. The summed E-state index contributed by atoms with van der Waals surface area (Å²) in [4.78, 5) is 27.2. The van der Waals surface area contributed by atoms with E-state index in [0.29, 0.717) is 24.6 Å². The summed E-state index contributed by atoms with van der Waals surface area (Å²) in [6.07, 6.45) is 2.52. The Morgan fingerprint density at radius 3 is 3.00 bits per heavy atom. The molecule has 1 aliphatic heterocycles. The van der Waals surface area contributed by atoms with Crippen molar-refractivity contribution in [3.05, 3.63) is 40.0 Å². The summed E-state index contributed by atoms with van der Waals surface area (Å²) in [6, 6.07) is 4.69. The van der Waals surface area contributed by atoms with Gasteiger partial charge in [0.25, 0.3) is 0 Å². The number of aryl methyl sites for hydroxylation is 1. The Morgan fingerprint density at radius 2 is 2.25 bits per heavy atom. The monoisotopic (exact) mass is 272 g/mol. The van der Waals surface area contributed by atoms with Crippen LogP contribution in [-0.4, -0.2) is 17.4 Å². The van der Waals surface area contributed by atoms with Gasteiger partial charge in [0.2, 0.25) is 5.91 Å². The minimum Gasteiger partial charge on any atom is -0.442 e. The maximum absolute atomic E-state index is 11.5. The van der Waals surface area contributed by atoms with Gasteiger partial charge >= 0.3 is 0 Å². The van der Waals surface area contributed by atoms with Crippen LogP contribution in [-0.2, 0) is 11.2 Å². The summed E-state index contributed by atoms with van der Waals surface area (Å²) in [5, 5.41) is 2.87. The minimum atomic E-state index is -0.0835. The van der Waals surface area contributed by atoms with Gasteiger partial charge in [0.05, 0.1) is 5.69 Å². The largest absolute Gasteiger partial charge is 0.442 e. The average molecular weight is 272 g/mol. The van der Waals surface area contributed by atoms with Gasteiger partial charge in [-0.3, -0.25) is 9.59 Å². The molecule has 0 atom stereocenters. The number of carbonyl (C=O) groups excluding carboxylic acids is 1. The van der Waals surface area contributed by atoms with Crippen LogP contribution in [0.3, 0.4) is 0 Å². The fourth-order valence-electron chi connectivity index (χ4n) is 2.17. The molecule has 1 amide bonds. The Balaban J connectivity index is 1.73. The molecule has 1 heterocycles. The van der Waals surface area contributed by atoms with Crippen molar-refractivity contribution in [3.63, 3.8) is 0 Å². The van der Waals surface area contributed by atoms with Crippen LogP contribution in [0.5, 0.6) is 0 Å². The van der Waals surface area contributed by atoms with Crippen molar-refractivity contribution in [2.75, 3.05) is 6.54 Å². The third kappa shape index (κ3) is 2.71. The molecular formula is C15H16N2O3. The van der Waals surface area contributed by atoms with Gasteiger partial charge < -0.3 is 9.73 Å². The molecule has 0 radical (unpaired) electrons. The highest BCUT2D eigenvalue weighted by Crippen LogP contribution is 2.28. The summed E-state index contributed by atoms with van der Waals surface area (Å²) in [5.74, 6) is 1.41. The number of fused-ring (bicyclic) bond motifs is 1. The van der Waals surface area contributed by atoms with E-state index >= 15 is 0 Å². The van der Waals surface area contributed by atoms with E-state index in [1.54, 1.807) is 6.07 Å². The van der Waals surface area contributed by atoms with Gasteiger partial charge in [0.1, 0.15) is 5.76 Å². The first-order chi connectivity index (χ1) is 9.63. The van der Waals surface area contributed by atoms with E-state index in [1.165, 1.54) is 12.1 Å².